The van der Waals surface area contributed by atoms with Crippen molar-refractivity contribution in [2.45, 2.75) is 31.7 Å². The van der Waals surface area contributed by atoms with Crippen molar-refractivity contribution in [3.8, 4) is 0 Å². The Morgan fingerprint density at radius 1 is 1.19 bits per heavy atom. The summed E-state index contributed by atoms with van der Waals surface area (Å²) in [4.78, 5) is 4.01. The summed E-state index contributed by atoms with van der Waals surface area (Å²) < 4.78 is 5.85. The van der Waals surface area contributed by atoms with Crippen LogP contribution in [0.1, 0.15) is 30.1 Å². The molecule has 2 aromatic rings. The minimum Gasteiger partial charge on any atom is -0.388 e. The first-order chi connectivity index (χ1) is 10.2. The minimum absolute atomic E-state index is 0.201. The zero-order valence-electron chi connectivity index (χ0n) is 11.7. The van der Waals surface area contributed by atoms with Gasteiger partial charge in [0.25, 0.3) is 0 Å². The fourth-order valence-corrected chi connectivity index (χ4v) is 2.89. The monoisotopic (exact) mass is 303 g/mol. The third-order valence-corrected chi connectivity index (χ3v) is 4.33. The van der Waals surface area contributed by atoms with Gasteiger partial charge in [0.1, 0.15) is 5.15 Å². The van der Waals surface area contributed by atoms with Gasteiger partial charge in [0.2, 0.25) is 0 Å². The van der Waals surface area contributed by atoms with Gasteiger partial charge in [0, 0.05) is 11.8 Å². The van der Waals surface area contributed by atoms with Crippen molar-refractivity contribution in [3.63, 3.8) is 0 Å². The van der Waals surface area contributed by atoms with Crippen molar-refractivity contribution in [1.29, 1.82) is 0 Å². The Hall–Kier alpha value is -1.42. The smallest absolute Gasteiger partial charge is 0.134 e. The number of pyridine rings is 1. The minimum atomic E-state index is -0.553. The molecule has 0 saturated heterocycles. The number of rotatable bonds is 5. The fourth-order valence-electron chi connectivity index (χ4n) is 2.66. The first-order valence-electron chi connectivity index (χ1n) is 7.18. The molecule has 110 valence electrons. The van der Waals surface area contributed by atoms with Gasteiger partial charge in [-0.25, -0.2) is 4.98 Å². The van der Waals surface area contributed by atoms with Gasteiger partial charge in [-0.05, 0) is 30.4 Å². The lowest BCUT2D eigenvalue weighted by atomic mass is 9.76. The standard InChI is InChI=1S/C17H18ClNO2/c18-17-15(7-4-8-19-17)16(20)13-9-14(10-13)21-11-12-5-2-1-3-6-12/h1-8,13-14,16,20H,9-11H2. The molecule has 21 heavy (non-hydrogen) atoms. The Kier molecular flexibility index (Phi) is 4.54. The maximum absolute atomic E-state index is 10.3. The second kappa shape index (κ2) is 6.56. The second-order valence-electron chi connectivity index (χ2n) is 5.48. The Morgan fingerprint density at radius 2 is 1.95 bits per heavy atom. The van der Waals surface area contributed by atoms with E-state index in [2.05, 4.69) is 17.1 Å². The number of benzene rings is 1. The third kappa shape index (κ3) is 3.43. The number of ether oxygens (including phenoxy) is 1. The molecule has 1 N–H and O–H groups in total. The lowest BCUT2D eigenvalue weighted by Gasteiger charge is -2.38. The molecular formula is C17H18ClNO2. The maximum Gasteiger partial charge on any atom is 0.134 e. The predicted molar refractivity (Wildman–Crippen MR) is 81.9 cm³/mol. The Balaban J connectivity index is 1.48. The molecule has 1 heterocycles. The summed E-state index contributed by atoms with van der Waals surface area (Å²) in [6, 6.07) is 13.8. The average molecular weight is 304 g/mol. The molecule has 0 bridgehead atoms. The summed E-state index contributed by atoms with van der Waals surface area (Å²) >= 11 is 6.02. The Labute approximate surface area is 129 Å². The van der Waals surface area contributed by atoms with E-state index in [0.717, 1.165) is 12.8 Å². The number of halogens is 1. The van der Waals surface area contributed by atoms with E-state index in [-0.39, 0.29) is 12.0 Å². The number of aromatic nitrogens is 1. The van der Waals surface area contributed by atoms with Gasteiger partial charge in [-0.15, -0.1) is 0 Å². The van der Waals surface area contributed by atoms with Crippen molar-refractivity contribution in [3.05, 3.63) is 64.9 Å². The van der Waals surface area contributed by atoms with Crippen LogP contribution in [-0.2, 0) is 11.3 Å². The summed E-state index contributed by atoms with van der Waals surface area (Å²) in [6.45, 7) is 0.627. The van der Waals surface area contributed by atoms with Crippen LogP contribution in [0, 0.1) is 5.92 Å². The average Bonchev–Trinajstić information content (AvgIpc) is 2.47. The van der Waals surface area contributed by atoms with Crippen LogP contribution in [0.4, 0.5) is 0 Å². The quantitative estimate of drug-likeness (QED) is 0.855. The highest BCUT2D eigenvalue weighted by Gasteiger charge is 2.36. The van der Waals surface area contributed by atoms with Gasteiger partial charge in [0.05, 0.1) is 18.8 Å². The third-order valence-electron chi connectivity index (χ3n) is 4.01. The van der Waals surface area contributed by atoms with Gasteiger partial charge >= 0.3 is 0 Å². The van der Waals surface area contributed by atoms with Crippen molar-refractivity contribution in [2.75, 3.05) is 0 Å². The first-order valence-corrected chi connectivity index (χ1v) is 7.56. The molecule has 3 nitrogen and oxygen atoms in total. The van der Waals surface area contributed by atoms with Crippen LogP contribution in [0.3, 0.4) is 0 Å². The highest BCUT2D eigenvalue weighted by Crippen LogP contribution is 2.41. The van der Waals surface area contributed by atoms with E-state index in [1.165, 1.54) is 5.56 Å². The SMILES string of the molecule is OC(c1cccnc1Cl)C1CC(OCc2ccccc2)C1. The van der Waals surface area contributed by atoms with Crippen LogP contribution in [0.25, 0.3) is 0 Å². The van der Waals surface area contributed by atoms with Crippen molar-refractivity contribution in [1.82, 2.24) is 4.98 Å². The van der Waals surface area contributed by atoms with Gasteiger partial charge in [0.15, 0.2) is 0 Å². The molecule has 1 fully saturated rings. The van der Waals surface area contributed by atoms with E-state index in [1.54, 1.807) is 12.3 Å². The van der Waals surface area contributed by atoms with Crippen LogP contribution in [0.5, 0.6) is 0 Å². The molecule has 1 aliphatic rings. The predicted octanol–water partition coefficient (Wildman–Crippen LogP) is 3.76. The highest BCUT2D eigenvalue weighted by atomic mass is 35.5. The number of nitrogens with zero attached hydrogens (tertiary/aromatic N) is 1. The second-order valence-corrected chi connectivity index (χ2v) is 5.84. The largest absolute Gasteiger partial charge is 0.388 e. The van der Waals surface area contributed by atoms with E-state index in [4.69, 9.17) is 16.3 Å². The molecule has 4 heteroatoms. The number of aliphatic hydroxyl groups excluding tert-OH is 1. The summed E-state index contributed by atoms with van der Waals surface area (Å²) in [7, 11) is 0. The normalized spacial score (nSPS) is 22.6. The van der Waals surface area contributed by atoms with Crippen LogP contribution in [0.15, 0.2) is 48.7 Å². The molecule has 1 unspecified atom stereocenters. The molecule has 0 amide bonds. The number of hydrogen-bond donors (Lipinski definition) is 1. The molecule has 1 saturated carbocycles. The molecule has 0 radical (unpaired) electrons. The van der Waals surface area contributed by atoms with Crippen molar-refractivity contribution in [2.24, 2.45) is 5.92 Å². The summed E-state index contributed by atoms with van der Waals surface area (Å²) in [5.74, 6) is 0.201. The highest BCUT2D eigenvalue weighted by molar-refractivity contribution is 6.30. The number of hydrogen-bond acceptors (Lipinski definition) is 3. The van der Waals surface area contributed by atoms with E-state index in [1.807, 2.05) is 24.3 Å². The number of aliphatic hydroxyl groups is 1. The fraction of sp³-hybridized carbons (Fsp3) is 0.353. The van der Waals surface area contributed by atoms with Crippen molar-refractivity contribution >= 4 is 11.6 Å². The molecule has 0 spiro atoms. The van der Waals surface area contributed by atoms with Gasteiger partial charge in [-0.3, -0.25) is 0 Å². The molecule has 1 aromatic heterocycles. The first kappa shape index (κ1) is 14.5. The molecule has 1 aliphatic carbocycles. The van der Waals surface area contributed by atoms with Crippen molar-refractivity contribution < 1.29 is 9.84 Å². The van der Waals surface area contributed by atoms with E-state index < -0.39 is 6.10 Å². The van der Waals surface area contributed by atoms with Gasteiger partial charge in [-0.2, -0.15) is 0 Å². The van der Waals surface area contributed by atoms with Gasteiger partial charge < -0.3 is 9.84 Å². The summed E-state index contributed by atoms with van der Waals surface area (Å²) in [5, 5.41) is 10.7. The zero-order valence-corrected chi connectivity index (χ0v) is 12.4. The zero-order chi connectivity index (χ0) is 14.7. The Morgan fingerprint density at radius 3 is 2.67 bits per heavy atom. The van der Waals surface area contributed by atoms with E-state index in [9.17, 15) is 5.11 Å². The molecule has 1 atom stereocenters. The molecule has 0 aliphatic heterocycles. The van der Waals surface area contributed by atoms with E-state index in [0.29, 0.717) is 17.3 Å². The molecule has 1 aromatic carbocycles. The van der Waals surface area contributed by atoms with Crippen LogP contribution in [0.2, 0.25) is 5.15 Å². The molecule has 3 rings (SSSR count). The lowest BCUT2D eigenvalue weighted by molar-refractivity contribution is -0.0778. The van der Waals surface area contributed by atoms with Gasteiger partial charge in [-0.1, -0.05) is 48.0 Å². The topological polar surface area (TPSA) is 42.4 Å². The van der Waals surface area contributed by atoms with Crippen LogP contribution in [-0.4, -0.2) is 16.2 Å². The maximum atomic E-state index is 10.3. The molecular weight excluding hydrogens is 286 g/mol. The summed E-state index contributed by atoms with van der Waals surface area (Å²) in [5.41, 5.74) is 1.89. The lowest BCUT2D eigenvalue weighted by Crippen LogP contribution is -2.35. The van der Waals surface area contributed by atoms with Crippen LogP contribution < -0.4 is 0 Å². The van der Waals surface area contributed by atoms with Crippen LogP contribution >= 0.6 is 11.6 Å². The summed E-state index contributed by atoms with van der Waals surface area (Å²) in [6.07, 6.45) is 3.02. The Bertz CT molecular complexity index is 584. The van der Waals surface area contributed by atoms with E-state index >= 15 is 0 Å².